The summed E-state index contributed by atoms with van der Waals surface area (Å²) < 4.78 is 23.7. The normalized spacial score (nSPS) is 13.3. The lowest BCUT2D eigenvalue weighted by Gasteiger charge is -2.21. The molecule has 23 heavy (non-hydrogen) atoms. The van der Waals surface area contributed by atoms with Gasteiger partial charge in [0.1, 0.15) is 28.7 Å². The summed E-state index contributed by atoms with van der Waals surface area (Å²) in [4.78, 5) is 11.9. The molecule has 0 aliphatic rings. The third kappa shape index (κ3) is 4.23. The highest BCUT2D eigenvalue weighted by molar-refractivity contribution is 5.90. The number of urea groups is 1. The van der Waals surface area contributed by atoms with Crippen LogP contribution in [0.1, 0.15) is 18.4 Å². The van der Waals surface area contributed by atoms with Crippen molar-refractivity contribution in [3.05, 3.63) is 47.7 Å². The van der Waals surface area contributed by atoms with Crippen LogP contribution < -0.4 is 15.4 Å². The fourth-order valence-electron chi connectivity index (χ4n) is 2.01. The molecule has 0 spiro atoms. The average molecular weight is 322 g/mol. The molecule has 0 saturated carbocycles. The van der Waals surface area contributed by atoms with Crippen LogP contribution in [0.15, 0.2) is 34.7 Å². The summed E-state index contributed by atoms with van der Waals surface area (Å²) in [5, 5.41) is 15.3. The van der Waals surface area contributed by atoms with Crippen molar-refractivity contribution in [1.29, 1.82) is 0 Å². The number of carbonyl (C=O) groups excluding carboxylic acids is 1. The number of hydrogen-bond donors (Lipinski definition) is 3. The number of methoxy groups -OCH3 is 1. The zero-order chi connectivity index (χ0) is 17.0. The minimum atomic E-state index is -1.36. The molecule has 1 aromatic carbocycles. The molecule has 2 rings (SSSR count). The number of furan rings is 1. The van der Waals surface area contributed by atoms with E-state index in [-0.39, 0.29) is 12.2 Å². The summed E-state index contributed by atoms with van der Waals surface area (Å²) in [7, 11) is 1.42. The Bertz CT molecular complexity index is 697. The number of aliphatic hydroxyl groups is 1. The number of nitrogens with one attached hydrogen (secondary N) is 2. The molecule has 7 heteroatoms. The smallest absolute Gasteiger partial charge is 0.319 e. The summed E-state index contributed by atoms with van der Waals surface area (Å²) in [6.45, 7) is 3.20. The van der Waals surface area contributed by atoms with Crippen LogP contribution in [0.25, 0.3) is 0 Å². The van der Waals surface area contributed by atoms with Crippen molar-refractivity contribution in [2.24, 2.45) is 0 Å². The van der Waals surface area contributed by atoms with Gasteiger partial charge in [-0.1, -0.05) is 0 Å². The van der Waals surface area contributed by atoms with Crippen LogP contribution in [0.5, 0.6) is 5.75 Å². The van der Waals surface area contributed by atoms with E-state index in [2.05, 4.69) is 10.6 Å². The van der Waals surface area contributed by atoms with E-state index in [0.29, 0.717) is 17.3 Å². The number of benzene rings is 1. The molecule has 0 bridgehead atoms. The topological polar surface area (TPSA) is 83.7 Å². The summed E-state index contributed by atoms with van der Waals surface area (Å²) in [5.41, 5.74) is -1.17. The Morgan fingerprint density at radius 1 is 1.39 bits per heavy atom. The van der Waals surface area contributed by atoms with Crippen LogP contribution in [0.4, 0.5) is 14.9 Å². The predicted octanol–water partition coefficient (Wildman–Crippen LogP) is 2.76. The van der Waals surface area contributed by atoms with Gasteiger partial charge < -0.3 is 24.9 Å². The van der Waals surface area contributed by atoms with Crippen molar-refractivity contribution in [3.63, 3.8) is 0 Å². The highest BCUT2D eigenvalue weighted by atomic mass is 19.1. The number of aryl methyl sites for hydroxylation is 1. The van der Waals surface area contributed by atoms with Crippen molar-refractivity contribution in [1.82, 2.24) is 5.32 Å². The molecule has 3 N–H and O–H groups in total. The van der Waals surface area contributed by atoms with Gasteiger partial charge in [-0.2, -0.15) is 0 Å². The van der Waals surface area contributed by atoms with Crippen LogP contribution in [0.2, 0.25) is 0 Å². The first-order valence-electron chi connectivity index (χ1n) is 6.99. The van der Waals surface area contributed by atoms with Crippen LogP contribution in [-0.4, -0.2) is 24.8 Å². The first-order chi connectivity index (χ1) is 10.8. The first-order valence-corrected chi connectivity index (χ1v) is 6.99. The number of amides is 2. The zero-order valence-corrected chi connectivity index (χ0v) is 13.1. The summed E-state index contributed by atoms with van der Waals surface area (Å²) >= 11 is 0. The van der Waals surface area contributed by atoms with Gasteiger partial charge in [0.2, 0.25) is 0 Å². The van der Waals surface area contributed by atoms with Crippen molar-refractivity contribution in [2.45, 2.75) is 19.4 Å². The maximum Gasteiger partial charge on any atom is 0.319 e. The quantitative estimate of drug-likeness (QED) is 0.790. The molecule has 124 valence electrons. The number of rotatable bonds is 5. The molecule has 0 aliphatic heterocycles. The van der Waals surface area contributed by atoms with E-state index in [1.54, 1.807) is 19.1 Å². The van der Waals surface area contributed by atoms with Crippen molar-refractivity contribution in [2.75, 3.05) is 19.0 Å². The number of carbonyl (C=O) groups is 1. The standard InChI is InChI=1S/C16H19FN2O4/c1-10-4-7-14(23-10)16(2,21)9-18-15(20)19-12-8-11(17)5-6-13(12)22-3/h4-8,21H,9H2,1-3H3,(H2,18,19,20). The van der Waals surface area contributed by atoms with Crippen molar-refractivity contribution >= 4 is 11.7 Å². The molecule has 1 aromatic heterocycles. The van der Waals surface area contributed by atoms with Crippen LogP contribution in [0, 0.1) is 12.7 Å². The monoisotopic (exact) mass is 322 g/mol. The molecular formula is C16H19FN2O4. The summed E-state index contributed by atoms with van der Waals surface area (Å²) in [6, 6.07) is 6.55. The average Bonchev–Trinajstić information content (AvgIpc) is 2.93. The third-order valence-corrected chi connectivity index (χ3v) is 3.27. The Morgan fingerprint density at radius 3 is 2.74 bits per heavy atom. The fourth-order valence-corrected chi connectivity index (χ4v) is 2.01. The van der Waals surface area contributed by atoms with Crippen molar-refractivity contribution < 1.29 is 23.4 Å². The van der Waals surface area contributed by atoms with E-state index in [1.807, 2.05) is 0 Å². The van der Waals surface area contributed by atoms with Gasteiger partial charge >= 0.3 is 6.03 Å². The summed E-state index contributed by atoms with van der Waals surface area (Å²) in [6.07, 6.45) is 0. The Morgan fingerprint density at radius 2 is 2.13 bits per heavy atom. The molecule has 2 aromatic rings. The van der Waals surface area contributed by atoms with Gasteiger partial charge in [0, 0.05) is 6.07 Å². The second kappa shape index (κ2) is 6.70. The lowest BCUT2D eigenvalue weighted by Crippen LogP contribution is -2.40. The Balaban J connectivity index is 1.99. The van der Waals surface area contributed by atoms with Gasteiger partial charge in [0.15, 0.2) is 0 Å². The molecule has 0 aliphatic carbocycles. The predicted molar refractivity (Wildman–Crippen MR) is 83.0 cm³/mol. The largest absolute Gasteiger partial charge is 0.495 e. The maximum absolute atomic E-state index is 13.3. The van der Waals surface area contributed by atoms with E-state index in [1.165, 1.54) is 26.2 Å². The Kier molecular flexibility index (Phi) is 4.90. The van der Waals surface area contributed by atoms with E-state index >= 15 is 0 Å². The van der Waals surface area contributed by atoms with Crippen LogP contribution >= 0.6 is 0 Å². The molecule has 0 fully saturated rings. The zero-order valence-electron chi connectivity index (χ0n) is 13.1. The van der Waals surface area contributed by atoms with Crippen molar-refractivity contribution in [3.8, 4) is 5.75 Å². The number of hydrogen-bond acceptors (Lipinski definition) is 4. The highest BCUT2D eigenvalue weighted by Gasteiger charge is 2.27. The molecule has 1 atom stereocenters. The minimum absolute atomic E-state index is 0.0799. The van der Waals surface area contributed by atoms with E-state index in [9.17, 15) is 14.3 Å². The second-order valence-electron chi connectivity index (χ2n) is 5.34. The van der Waals surface area contributed by atoms with Gasteiger partial charge in [0.25, 0.3) is 0 Å². The van der Waals surface area contributed by atoms with E-state index < -0.39 is 17.4 Å². The molecule has 1 unspecified atom stereocenters. The van der Waals surface area contributed by atoms with Gasteiger partial charge in [0.05, 0.1) is 19.3 Å². The van der Waals surface area contributed by atoms with E-state index in [4.69, 9.17) is 9.15 Å². The van der Waals surface area contributed by atoms with Gasteiger partial charge in [-0.25, -0.2) is 9.18 Å². The van der Waals surface area contributed by atoms with E-state index in [0.717, 1.165) is 6.07 Å². The first kappa shape index (κ1) is 16.8. The molecule has 1 heterocycles. The summed E-state index contributed by atoms with van der Waals surface area (Å²) in [5.74, 6) is 0.835. The highest BCUT2D eigenvalue weighted by Crippen LogP contribution is 2.25. The second-order valence-corrected chi connectivity index (χ2v) is 5.34. The Hall–Kier alpha value is -2.54. The lowest BCUT2D eigenvalue weighted by molar-refractivity contribution is 0.0364. The molecule has 0 radical (unpaired) electrons. The minimum Gasteiger partial charge on any atom is -0.495 e. The molecule has 6 nitrogen and oxygen atoms in total. The molecule has 2 amide bonds. The number of anilines is 1. The van der Waals surface area contributed by atoms with Crippen LogP contribution in [-0.2, 0) is 5.60 Å². The maximum atomic E-state index is 13.3. The van der Waals surface area contributed by atoms with Gasteiger partial charge in [-0.3, -0.25) is 0 Å². The molecule has 0 saturated heterocycles. The third-order valence-electron chi connectivity index (χ3n) is 3.27. The lowest BCUT2D eigenvalue weighted by atomic mass is 10.0. The van der Waals surface area contributed by atoms with Gasteiger partial charge in [-0.15, -0.1) is 0 Å². The Labute approximate surface area is 133 Å². The fraction of sp³-hybridized carbons (Fsp3) is 0.312. The number of ether oxygens (including phenoxy) is 1. The molecular weight excluding hydrogens is 303 g/mol. The SMILES string of the molecule is COc1ccc(F)cc1NC(=O)NCC(C)(O)c1ccc(C)o1. The van der Waals surface area contributed by atoms with Crippen LogP contribution in [0.3, 0.4) is 0 Å². The number of halogens is 1. The van der Waals surface area contributed by atoms with Gasteiger partial charge in [-0.05, 0) is 38.1 Å².